The number of aliphatic imine (C=N–C) groups is 1. The SMILES string of the molecule is CCOC(=O)C1=C(c2ccc(-n3c(C)nc4cnccc43)cc2)N=C(C)C(C(=O)Nc2ccccc2N(O)C=O)C1c1ccccc1Cl. The molecule has 0 radical (unpaired) electrons. The van der Waals surface area contributed by atoms with Crippen molar-refractivity contribution in [3.8, 4) is 5.69 Å². The number of esters is 1. The summed E-state index contributed by atoms with van der Waals surface area (Å²) in [6.45, 7) is 5.43. The molecular formula is C36H31ClN6O5. The number of para-hydroxylation sites is 2. The van der Waals surface area contributed by atoms with Gasteiger partial charge in [0.2, 0.25) is 12.3 Å². The number of carbonyl (C=O) groups excluding carboxylic acids is 3. The highest BCUT2D eigenvalue weighted by atomic mass is 35.5. The van der Waals surface area contributed by atoms with Gasteiger partial charge in [0.05, 0.1) is 46.9 Å². The summed E-state index contributed by atoms with van der Waals surface area (Å²) in [5.41, 5.74) is 4.89. The predicted molar refractivity (Wildman–Crippen MR) is 183 cm³/mol. The zero-order chi connectivity index (χ0) is 33.9. The van der Waals surface area contributed by atoms with Gasteiger partial charge in [-0.25, -0.2) is 9.78 Å². The number of nitrogens with zero attached hydrogens (tertiary/aromatic N) is 5. The van der Waals surface area contributed by atoms with E-state index < -0.39 is 23.7 Å². The van der Waals surface area contributed by atoms with Gasteiger partial charge in [0, 0.05) is 34.1 Å². The fraction of sp³-hybridized carbons (Fsp3) is 0.167. The highest BCUT2D eigenvalue weighted by Crippen LogP contribution is 2.45. The second kappa shape index (κ2) is 13.6. The van der Waals surface area contributed by atoms with E-state index in [-0.39, 0.29) is 30.0 Å². The van der Waals surface area contributed by atoms with Crippen LogP contribution in [0.4, 0.5) is 11.4 Å². The third-order valence-corrected chi connectivity index (χ3v) is 8.53. The number of hydroxylamine groups is 1. The maximum atomic E-state index is 14.2. The lowest BCUT2D eigenvalue weighted by atomic mass is 9.74. The quantitative estimate of drug-likeness (QED) is 0.0793. The molecule has 242 valence electrons. The number of anilines is 2. The number of amides is 2. The number of hydrogen-bond acceptors (Lipinski definition) is 8. The van der Waals surface area contributed by atoms with Gasteiger partial charge in [-0.2, -0.15) is 5.06 Å². The van der Waals surface area contributed by atoms with Crippen molar-refractivity contribution < 1.29 is 24.3 Å². The van der Waals surface area contributed by atoms with E-state index in [1.807, 2.05) is 41.8 Å². The number of carbonyl (C=O) groups is 3. The summed E-state index contributed by atoms with van der Waals surface area (Å²) in [6, 6.07) is 22.8. The largest absolute Gasteiger partial charge is 0.463 e. The average molecular weight is 663 g/mol. The molecule has 1 aliphatic heterocycles. The molecule has 48 heavy (non-hydrogen) atoms. The van der Waals surface area contributed by atoms with Crippen LogP contribution >= 0.6 is 11.6 Å². The van der Waals surface area contributed by atoms with Gasteiger partial charge in [-0.05, 0) is 62.7 Å². The fourth-order valence-electron chi connectivity index (χ4n) is 6.11. The second-order valence-corrected chi connectivity index (χ2v) is 11.5. The van der Waals surface area contributed by atoms with Crippen molar-refractivity contribution in [2.75, 3.05) is 17.0 Å². The molecule has 1 aliphatic rings. The number of aryl methyl sites for hydroxylation is 1. The second-order valence-electron chi connectivity index (χ2n) is 11.1. The summed E-state index contributed by atoms with van der Waals surface area (Å²) >= 11 is 6.76. The summed E-state index contributed by atoms with van der Waals surface area (Å²) in [5.74, 6) is -2.29. The Morgan fingerprint density at radius 3 is 2.50 bits per heavy atom. The maximum Gasteiger partial charge on any atom is 0.336 e. The summed E-state index contributed by atoms with van der Waals surface area (Å²) < 4.78 is 7.59. The number of halogens is 1. The van der Waals surface area contributed by atoms with Crippen molar-refractivity contribution in [1.82, 2.24) is 14.5 Å². The van der Waals surface area contributed by atoms with Crippen molar-refractivity contribution in [2.45, 2.75) is 26.7 Å². The van der Waals surface area contributed by atoms with Crippen molar-refractivity contribution in [1.29, 1.82) is 0 Å². The first-order valence-electron chi connectivity index (χ1n) is 15.2. The molecule has 3 heterocycles. The van der Waals surface area contributed by atoms with Crippen LogP contribution in [0.3, 0.4) is 0 Å². The van der Waals surface area contributed by atoms with Crippen LogP contribution in [-0.2, 0) is 19.1 Å². The lowest BCUT2D eigenvalue weighted by Gasteiger charge is -2.33. The maximum absolute atomic E-state index is 14.2. The first kappa shape index (κ1) is 32.3. The number of pyridine rings is 1. The minimum Gasteiger partial charge on any atom is -0.463 e. The van der Waals surface area contributed by atoms with Gasteiger partial charge in [-0.15, -0.1) is 0 Å². The number of fused-ring (bicyclic) bond motifs is 1. The highest BCUT2D eigenvalue weighted by Gasteiger charge is 2.43. The summed E-state index contributed by atoms with van der Waals surface area (Å²) in [4.78, 5) is 53.1. The lowest BCUT2D eigenvalue weighted by molar-refractivity contribution is -0.138. The van der Waals surface area contributed by atoms with Crippen LogP contribution in [0.15, 0.2) is 102 Å². The van der Waals surface area contributed by atoms with E-state index in [9.17, 15) is 19.6 Å². The van der Waals surface area contributed by atoms with E-state index in [1.165, 1.54) is 6.07 Å². The van der Waals surface area contributed by atoms with E-state index in [0.29, 0.717) is 32.6 Å². The van der Waals surface area contributed by atoms with Crippen molar-refractivity contribution in [2.24, 2.45) is 10.9 Å². The first-order valence-corrected chi connectivity index (χ1v) is 15.5. The molecule has 11 nitrogen and oxygen atoms in total. The highest BCUT2D eigenvalue weighted by molar-refractivity contribution is 6.31. The molecule has 0 aliphatic carbocycles. The zero-order valence-corrected chi connectivity index (χ0v) is 27.0. The molecule has 2 atom stereocenters. The third kappa shape index (κ3) is 5.96. The van der Waals surface area contributed by atoms with Gasteiger partial charge < -0.3 is 10.1 Å². The number of rotatable bonds is 9. The van der Waals surface area contributed by atoms with E-state index >= 15 is 0 Å². The Bertz CT molecular complexity index is 2110. The fourth-order valence-corrected chi connectivity index (χ4v) is 6.36. The first-order chi connectivity index (χ1) is 23.2. The zero-order valence-electron chi connectivity index (χ0n) is 26.3. The molecule has 2 unspecified atom stereocenters. The molecule has 3 aromatic carbocycles. The normalized spacial score (nSPS) is 16.0. The standard InChI is InChI=1S/C36H31ClN6O5/c1-4-48-36(46)33-32(25-9-5-6-10-26(25)37)31(35(45)41-27-11-7-8-12-29(27)42(47)20-44)21(2)39-34(33)23-13-15-24(16-14-23)43-22(3)40-28-19-38-18-17-30(28)43/h5-20,31-32,47H,4H2,1-3H3,(H,41,45). The molecule has 0 spiro atoms. The van der Waals surface area contributed by atoms with Crippen LogP contribution in [-0.4, -0.2) is 50.3 Å². The van der Waals surface area contributed by atoms with Crippen molar-refractivity contribution in [3.63, 3.8) is 0 Å². The number of aromatic nitrogens is 3. The van der Waals surface area contributed by atoms with Crippen LogP contribution in [0.25, 0.3) is 22.4 Å². The number of imidazole rings is 1. The number of ether oxygens (including phenoxy) is 1. The number of hydrogen-bond donors (Lipinski definition) is 2. The molecule has 0 saturated heterocycles. The summed E-state index contributed by atoms with van der Waals surface area (Å²) in [5, 5.41) is 13.7. The van der Waals surface area contributed by atoms with Crippen LogP contribution in [0.2, 0.25) is 5.02 Å². The van der Waals surface area contributed by atoms with Crippen LogP contribution in [0, 0.1) is 12.8 Å². The molecule has 2 N–H and O–H groups in total. The number of nitrogens with one attached hydrogen (secondary N) is 1. The smallest absolute Gasteiger partial charge is 0.336 e. The Kier molecular flexibility index (Phi) is 9.15. The van der Waals surface area contributed by atoms with Gasteiger partial charge in [-0.1, -0.05) is 54.1 Å². The Labute approximate surface area is 281 Å². The van der Waals surface area contributed by atoms with Crippen LogP contribution in [0.5, 0.6) is 0 Å². The van der Waals surface area contributed by atoms with E-state index in [2.05, 4.69) is 15.3 Å². The predicted octanol–water partition coefficient (Wildman–Crippen LogP) is 6.52. The van der Waals surface area contributed by atoms with Gasteiger partial charge in [0.1, 0.15) is 11.3 Å². The van der Waals surface area contributed by atoms with E-state index in [4.69, 9.17) is 21.3 Å². The Morgan fingerprint density at radius 2 is 1.77 bits per heavy atom. The van der Waals surface area contributed by atoms with E-state index in [1.54, 1.807) is 68.7 Å². The van der Waals surface area contributed by atoms with Gasteiger partial charge in [-0.3, -0.25) is 29.3 Å². The van der Waals surface area contributed by atoms with Crippen molar-refractivity contribution in [3.05, 3.63) is 119 Å². The molecule has 0 fully saturated rings. The molecule has 0 saturated carbocycles. The molecule has 0 bridgehead atoms. The molecule has 2 aromatic heterocycles. The van der Waals surface area contributed by atoms with Gasteiger partial charge >= 0.3 is 5.97 Å². The minimum absolute atomic E-state index is 0.0691. The lowest BCUT2D eigenvalue weighted by Crippen LogP contribution is -2.39. The molecule has 2 amide bonds. The molecule has 12 heteroatoms. The molecule has 6 rings (SSSR count). The minimum atomic E-state index is -1.02. The Balaban J connectivity index is 1.49. The topological polar surface area (TPSA) is 139 Å². The Hall–Kier alpha value is -5.65. The Morgan fingerprint density at radius 1 is 1.04 bits per heavy atom. The third-order valence-electron chi connectivity index (χ3n) is 8.19. The summed E-state index contributed by atoms with van der Waals surface area (Å²) in [6.07, 6.45) is 3.65. The van der Waals surface area contributed by atoms with Crippen molar-refractivity contribution >= 4 is 63.7 Å². The van der Waals surface area contributed by atoms with Crippen LogP contribution in [0.1, 0.15) is 36.7 Å². The number of benzene rings is 3. The monoisotopic (exact) mass is 662 g/mol. The molecular weight excluding hydrogens is 632 g/mol. The average Bonchev–Trinajstić information content (AvgIpc) is 3.43. The van der Waals surface area contributed by atoms with Gasteiger partial charge in [0.25, 0.3) is 0 Å². The van der Waals surface area contributed by atoms with Gasteiger partial charge in [0.15, 0.2) is 0 Å². The molecule has 5 aromatic rings. The summed E-state index contributed by atoms with van der Waals surface area (Å²) in [7, 11) is 0. The van der Waals surface area contributed by atoms with Crippen LogP contribution < -0.4 is 10.4 Å². The van der Waals surface area contributed by atoms with E-state index in [0.717, 1.165) is 22.5 Å².